The number of phenols is 1. The molecule has 30 heavy (non-hydrogen) atoms. The Morgan fingerprint density at radius 3 is 2.50 bits per heavy atom. The molecule has 1 saturated carbocycles. The molecule has 2 amide bonds. The number of nitrogens with one attached hydrogen (secondary N) is 1. The van der Waals surface area contributed by atoms with E-state index >= 15 is 0 Å². The normalized spacial score (nSPS) is 29.3. The first-order valence-electron chi connectivity index (χ1n) is 10.9. The minimum absolute atomic E-state index is 0.0333. The van der Waals surface area contributed by atoms with Crippen LogP contribution in [0.2, 0.25) is 0 Å². The third-order valence-corrected chi connectivity index (χ3v) is 6.73. The van der Waals surface area contributed by atoms with Gasteiger partial charge in [0.25, 0.3) is 0 Å². The molecule has 1 aliphatic carbocycles. The lowest BCUT2D eigenvalue weighted by molar-refractivity contribution is -0.127. The Labute approximate surface area is 178 Å². The maximum Gasteiger partial charge on any atom is 0.407 e. The van der Waals surface area contributed by atoms with Gasteiger partial charge in [0.05, 0.1) is 7.11 Å². The number of piperidine rings is 1. The third kappa shape index (κ3) is 5.18. The second-order valence-corrected chi connectivity index (χ2v) is 9.17. The number of carbonyl (C=O) groups excluding carboxylic acids is 1. The molecule has 4 atom stereocenters. The molecule has 1 aliphatic heterocycles. The van der Waals surface area contributed by atoms with Gasteiger partial charge in [-0.1, -0.05) is 19.9 Å². The maximum atomic E-state index is 12.9. The molecule has 1 saturated heterocycles. The van der Waals surface area contributed by atoms with Crippen LogP contribution in [0.5, 0.6) is 11.5 Å². The van der Waals surface area contributed by atoms with Crippen molar-refractivity contribution in [1.29, 1.82) is 0 Å². The van der Waals surface area contributed by atoms with Crippen LogP contribution in [0.3, 0.4) is 0 Å². The van der Waals surface area contributed by atoms with Crippen molar-refractivity contribution in [1.82, 2.24) is 10.2 Å². The van der Waals surface area contributed by atoms with E-state index < -0.39 is 6.09 Å². The number of hydrogen-bond acceptors (Lipinski definition) is 4. The second kappa shape index (κ2) is 9.58. The first kappa shape index (κ1) is 22.2. The fourth-order valence-corrected chi connectivity index (χ4v) is 5.41. The summed E-state index contributed by atoms with van der Waals surface area (Å²) in [6, 6.07) is 4.91. The number of benzene rings is 1. The number of nitrogens with zero attached hydrogens (tertiary/aromatic N) is 1. The molecular formula is C23H34N2O5. The number of phenolic OH excluding ortho intramolecular Hbond substituents is 1. The molecule has 1 heterocycles. The van der Waals surface area contributed by atoms with E-state index in [2.05, 4.69) is 19.2 Å². The fraction of sp³-hybridized carbons (Fsp3) is 0.652. The molecule has 166 valence electrons. The lowest BCUT2D eigenvalue weighted by Crippen LogP contribution is -2.52. The molecule has 3 N–H and O–H groups in total. The van der Waals surface area contributed by atoms with Crippen molar-refractivity contribution in [3.63, 3.8) is 0 Å². The van der Waals surface area contributed by atoms with Gasteiger partial charge < -0.3 is 25.2 Å². The van der Waals surface area contributed by atoms with E-state index in [1.54, 1.807) is 23.1 Å². The summed E-state index contributed by atoms with van der Waals surface area (Å²) in [4.78, 5) is 26.3. The van der Waals surface area contributed by atoms with Gasteiger partial charge in [-0.25, -0.2) is 4.79 Å². The second-order valence-electron chi connectivity index (χ2n) is 9.17. The number of amides is 2. The standard InChI is InChI=1S/C23H34N2O5/c1-14-8-15(2)10-18(9-14)19-12-17(6-7-25(19)23(28)29)22(27)24-13-16-4-5-20(26)21(11-16)30-3/h4-5,11,14-15,17-19,26H,6-10,12-13H2,1-3H3,(H,24,27)(H,28,29). The zero-order valence-corrected chi connectivity index (χ0v) is 18.1. The number of hydrogen-bond donors (Lipinski definition) is 3. The fourth-order valence-electron chi connectivity index (χ4n) is 5.41. The zero-order valence-electron chi connectivity index (χ0n) is 18.1. The molecule has 2 aliphatic rings. The third-order valence-electron chi connectivity index (χ3n) is 6.73. The SMILES string of the molecule is COc1cc(CNC(=O)C2CCN(C(=O)O)C(C3CC(C)CC(C)C3)C2)ccc1O. The van der Waals surface area contributed by atoms with Crippen molar-refractivity contribution >= 4 is 12.0 Å². The highest BCUT2D eigenvalue weighted by Gasteiger charge is 2.41. The lowest BCUT2D eigenvalue weighted by atomic mass is 9.70. The summed E-state index contributed by atoms with van der Waals surface area (Å²) in [6.45, 7) is 5.24. The van der Waals surface area contributed by atoms with Gasteiger partial charge in [0.2, 0.25) is 5.91 Å². The molecule has 3 rings (SSSR count). The Kier molecular flexibility index (Phi) is 7.10. The number of aromatic hydroxyl groups is 1. The average Bonchev–Trinajstić information content (AvgIpc) is 2.71. The molecule has 7 nitrogen and oxygen atoms in total. The van der Waals surface area contributed by atoms with Crippen LogP contribution in [0.15, 0.2) is 18.2 Å². The summed E-state index contributed by atoms with van der Waals surface area (Å²) in [7, 11) is 1.49. The van der Waals surface area contributed by atoms with Gasteiger partial charge in [0, 0.05) is 25.0 Å². The number of likely N-dealkylation sites (tertiary alicyclic amines) is 1. The molecule has 1 aromatic carbocycles. The minimum Gasteiger partial charge on any atom is -0.504 e. The Balaban J connectivity index is 1.64. The van der Waals surface area contributed by atoms with Gasteiger partial charge in [-0.05, 0) is 67.6 Å². The molecule has 7 heteroatoms. The van der Waals surface area contributed by atoms with Crippen molar-refractivity contribution < 1.29 is 24.5 Å². The van der Waals surface area contributed by atoms with Crippen molar-refractivity contribution in [2.24, 2.45) is 23.7 Å². The quantitative estimate of drug-likeness (QED) is 0.675. The van der Waals surface area contributed by atoms with Crippen LogP contribution in [0.25, 0.3) is 0 Å². The molecule has 1 aromatic rings. The Morgan fingerprint density at radius 2 is 1.87 bits per heavy atom. The monoisotopic (exact) mass is 418 g/mol. The zero-order chi connectivity index (χ0) is 21.8. The summed E-state index contributed by atoms with van der Waals surface area (Å²) in [5, 5.41) is 22.4. The van der Waals surface area contributed by atoms with Crippen LogP contribution in [0.1, 0.15) is 51.5 Å². The van der Waals surface area contributed by atoms with E-state index in [1.807, 2.05) is 0 Å². The summed E-state index contributed by atoms with van der Waals surface area (Å²) >= 11 is 0. The van der Waals surface area contributed by atoms with Crippen molar-refractivity contribution in [2.45, 2.75) is 58.5 Å². The van der Waals surface area contributed by atoms with Crippen molar-refractivity contribution in [3.05, 3.63) is 23.8 Å². The number of methoxy groups -OCH3 is 1. The topological polar surface area (TPSA) is 99.1 Å². The van der Waals surface area contributed by atoms with Crippen LogP contribution in [-0.4, -0.2) is 46.8 Å². The summed E-state index contributed by atoms with van der Waals surface area (Å²) < 4.78 is 5.12. The number of ether oxygens (including phenoxy) is 1. The van der Waals surface area contributed by atoms with Gasteiger partial charge in [-0.3, -0.25) is 4.79 Å². The number of rotatable bonds is 5. The van der Waals surface area contributed by atoms with E-state index in [1.165, 1.54) is 13.5 Å². The Hall–Kier alpha value is -2.44. The largest absolute Gasteiger partial charge is 0.504 e. The Bertz CT molecular complexity index is 758. The number of carboxylic acid groups (broad SMARTS) is 1. The molecule has 2 fully saturated rings. The molecular weight excluding hydrogens is 384 g/mol. The molecule has 0 bridgehead atoms. The van der Waals surface area contributed by atoms with Gasteiger partial charge in [0.1, 0.15) is 0 Å². The van der Waals surface area contributed by atoms with E-state index in [9.17, 15) is 19.8 Å². The smallest absolute Gasteiger partial charge is 0.407 e. The van der Waals surface area contributed by atoms with Gasteiger partial charge in [0.15, 0.2) is 11.5 Å². The van der Waals surface area contributed by atoms with Gasteiger partial charge >= 0.3 is 6.09 Å². The number of carbonyl (C=O) groups is 2. The summed E-state index contributed by atoms with van der Waals surface area (Å²) in [5.74, 6) is 1.72. The summed E-state index contributed by atoms with van der Waals surface area (Å²) in [6.07, 6.45) is 3.50. The van der Waals surface area contributed by atoms with Crippen LogP contribution in [0, 0.1) is 23.7 Å². The van der Waals surface area contributed by atoms with Gasteiger partial charge in [-0.15, -0.1) is 0 Å². The van der Waals surface area contributed by atoms with Gasteiger partial charge in [-0.2, -0.15) is 0 Å². The van der Waals surface area contributed by atoms with E-state index in [4.69, 9.17) is 4.74 Å². The van der Waals surface area contributed by atoms with Crippen LogP contribution in [-0.2, 0) is 11.3 Å². The van der Waals surface area contributed by atoms with Crippen LogP contribution >= 0.6 is 0 Å². The van der Waals surface area contributed by atoms with E-state index in [-0.39, 0.29) is 23.6 Å². The maximum absolute atomic E-state index is 12.9. The predicted molar refractivity (Wildman–Crippen MR) is 113 cm³/mol. The van der Waals surface area contributed by atoms with E-state index in [0.717, 1.165) is 18.4 Å². The highest BCUT2D eigenvalue weighted by molar-refractivity contribution is 5.79. The van der Waals surface area contributed by atoms with Crippen molar-refractivity contribution in [2.75, 3.05) is 13.7 Å². The highest BCUT2D eigenvalue weighted by atomic mass is 16.5. The summed E-state index contributed by atoms with van der Waals surface area (Å²) in [5.41, 5.74) is 0.840. The molecule has 0 aromatic heterocycles. The first-order chi connectivity index (χ1) is 14.3. The van der Waals surface area contributed by atoms with E-state index in [0.29, 0.717) is 49.4 Å². The minimum atomic E-state index is -0.874. The molecule has 4 unspecified atom stereocenters. The predicted octanol–water partition coefficient (Wildman–Crippen LogP) is 3.85. The van der Waals surface area contributed by atoms with Crippen molar-refractivity contribution in [3.8, 4) is 11.5 Å². The first-order valence-corrected chi connectivity index (χ1v) is 10.9. The molecule has 0 radical (unpaired) electrons. The van der Waals surface area contributed by atoms with Crippen LogP contribution in [0.4, 0.5) is 4.79 Å². The lowest BCUT2D eigenvalue weighted by Gasteiger charge is -2.45. The van der Waals surface area contributed by atoms with Crippen LogP contribution < -0.4 is 10.1 Å². The average molecular weight is 419 g/mol. The highest BCUT2D eigenvalue weighted by Crippen LogP contribution is 2.40. The molecule has 0 spiro atoms. The Morgan fingerprint density at radius 1 is 1.17 bits per heavy atom.